The fraction of sp³-hybridized carbons (Fsp3) is 0.805. The molecule has 49 nitrogen and oxygen atoms in total. The molecule has 0 amide bonds. The van der Waals surface area contributed by atoms with Crippen molar-refractivity contribution in [1.29, 1.82) is 0 Å². The fourth-order valence-electron chi connectivity index (χ4n) is 10.5. The zero-order valence-corrected chi connectivity index (χ0v) is 82.8. The molecule has 3 aliphatic rings. The minimum atomic E-state index is -0.826. The van der Waals surface area contributed by atoms with Gasteiger partial charge >= 0.3 is 101 Å². The van der Waals surface area contributed by atoms with Crippen LogP contribution < -0.4 is 0 Å². The lowest BCUT2D eigenvalue weighted by Crippen LogP contribution is -2.34. The first-order valence-corrected chi connectivity index (χ1v) is 44.3. The summed E-state index contributed by atoms with van der Waals surface area (Å²) in [6.45, 7) is 27.7. The van der Waals surface area contributed by atoms with Crippen LogP contribution in [0.3, 0.4) is 0 Å². The van der Waals surface area contributed by atoms with Gasteiger partial charge in [-0.25, -0.2) is 9.59 Å². The van der Waals surface area contributed by atoms with Crippen LogP contribution in [0.25, 0.3) is 0 Å². The molecule has 136 heavy (non-hydrogen) atoms. The van der Waals surface area contributed by atoms with Crippen molar-refractivity contribution in [1.82, 2.24) is 29.4 Å². The molecule has 0 radical (unpaired) electrons. The van der Waals surface area contributed by atoms with Gasteiger partial charge in [-0.2, -0.15) is 0 Å². The molecule has 0 N–H and O–H groups in total. The van der Waals surface area contributed by atoms with Crippen molar-refractivity contribution < 1.29 is 205 Å². The lowest BCUT2D eigenvalue weighted by molar-refractivity contribution is -0.160. The molecule has 0 aromatic carbocycles. The van der Waals surface area contributed by atoms with E-state index in [9.17, 15) is 81.5 Å². The standard InChI is InChI=1S/C15H23NO8.C15H25NO8.C14H23NO8.C14H25NO7.C14H27NO5.C13H25NO6.C2H6O/c1-11(17)21-9-6-16(7-10-22-12(2)18)5-3-14(19)24-13-4-8-23-15(13)20;1-12(17)21-8-6-16(7-9-22-13(2)18)5-4-15(20)24-11-10-23-14(3)19;1-11(16)21-8-6-15(7-9-22-12(2)17)5-4-13(18)23-10-14(19)20-3;1-12(16)20-8-6-15(7-9-21-13(2)17)5-4-14(18)22-11-10-19-3;1-17-11-7-15(8-12-18-2)6-3-14(16)20-13-4-9-19-10-5-13;1-16-7-5-14(6-8-17-2)4-3-13(15)19-10-12-9-18-11-20-12;1-3-2/h13H,3-10H2,1-2H3;4-11H2,1-3H3;4-10H2,1-3H3;4-11H2,1-3H3;13H,3-12H2,1-2H3;12H,3-11H2,1-2H3;1-2H3. The van der Waals surface area contributed by atoms with Gasteiger partial charge in [0.15, 0.2) is 6.61 Å². The Labute approximate surface area is 797 Å². The maximum absolute atomic E-state index is 11.8. The summed E-state index contributed by atoms with van der Waals surface area (Å²) in [5, 5.41) is 0. The van der Waals surface area contributed by atoms with E-state index >= 15 is 0 Å². The zero-order chi connectivity index (χ0) is 103. The largest absolute Gasteiger partial charge is 0.466 e. The zero-order valence-electron chi connectivity index (χ0n) is 82.8. The molecule has 0 saturated carbocycles. The highest BCUT2D eigenvalue weighted by Gasteiger charge is 2.31. The average Bonchev–Trinajstić information content (AvgIpc) is 1.77. The highest BCUT2D eigenvalue weighted by molar-refractivity contribution is 5.81. The van der Waals surface area contributed by atoms with Crippen molar-refractivity contribution in [2.75, 3.05) is 327 Å². The number of carbonyl (C=O) groups excluding carboxylic acids is 17. The summed E-state index contributed by atoms with van der Waals surface area (Å²) in [6.07, 6.45) is 2.23. The van der Waals surface area contributed by atoms with E-state index in [1.54, 1.807) is 52.5 Å². The van der Waals surface area contributed by atoms with E-state index in [0.29, 0.717) is 164 Å². The summed E-state index contributed by atoms with van der Waals surface area (Å²) in [7, 11) is 12.6. The third-order valence-electron chi connectivity index (χ3n) is 17.5. The Morgan fingerprint density at radius 3 is 0.816 bits per heavy atom. The lowest BCUT2D eigenvalue weighted by Gasteiger charge is -2.24. The quantitative estimate of drug-likeness (QED) is 0.0437. The molecule has 0 bridgehead atoms. The number of methoxy groups -OCH3 is 7. The predicted octanol–water partition coefficient (Wildman–Crippen LogP) is -0.0669. The molecule has 0 aliphatic carbocycles. The Morgan fingerprint density at radius 1 is 0.279 bits per heavy atom. The highest BCUT2D eigenvalue weighted by atomic mass is 16.7. The van der Waals surface area contributed by atoms with Crippen molar-refractivity contribution in [3.8, 4) is 0 Å². The van der Waals surface area contributed by atoms with Gasteiger partial charge in [0.1, 0.15) is 98.3 Å². The monoisotopic (exact) mass is 1970 g/mol. The summed E-state index contributed by atoms with van der Waals surface area (Å²) in [5.41, 5.74) is 0. The molecule has 0 aromatic heterocycles. The van der Waals surface area contributed by atoms with Gasteiger partial charge in [-0.05, 0) is 0 Å². The van der Waals surface area contributed by atoms with Crippen LogP contribution >= 0.6 is 0 Å². The number of cyclic esters (lactones) is 1. The molecule has 790 valence electrons. The normalized spacial score (nSPS) is 13.4. The molecule has 0 aromatic rings. The van der Waals surface area contributed by atoms with Gasteiger partial charge in [-0.1, -0.05) is 0 Å². The summed E-state index contributed by atoms with van der Waals surface area (Å²) < 4.78 is 128. The SMILES string of the molecule is CC(=O)OCCN(CCOC(C)=O)CCC(=O)OC1CCOC1=O.CC(=O)OCCOC(=O)CCN(CCOC(C)=O)CCOC(C)=O.COC.COC(=O)COC(=O)CCN(CCOC(C)=O)CCOC(C)=O.COCCN(CCOC)CCC(=O)OC1CCOCC1.COCCN(CCOC)CCC(=O)OCC1COCO1.COCCOC(=O)CCN(CCOC(C)=O)CCOC(C)=O. The van der Waals surface area contributed by atoms with Crippen molar-refractivity contribution >= 4 is 101 Å². The van der Waals surface area contributed by atoms with Crippen LogP contribution in [-0.2, 0) is 205 Å². The Hall–Kier alpha value is -9.61. The molecular formula is C87H154N6O43. The van der Waals surface area contributed by atoms with Gasteiger partial charge in [-0.3, -0.25) is 101 Å². The topological polar surface area (TPSA) is 550 Å². The van der Waals surface area contributed by atoms with E-state index in [2.05, 4.69) is 24.0 Å². The Morgan fingerprint density at radius 2 is 0.544 bits per heavy atom. The number of esters is 17. The molecule has 0 spiro atoms. The first-order chi connectivity index (χ1) is 64.9. The van der Waals surface area contributed by atoms with E-state index in [1.807, 2.05) is 9.80 Å². The summed E-state index contributed by atoms with van der Waals surface area (Å²) >= 11 is 0. The number of ether oxygens (including phenoxy) is 26. The third-order valence-corrected chi connectivity index (χ3v) is 17.5. The molecule has 3 fully saturated rings. The smallest absolute Gasteiger partial charge is 0.347 e. The molecular weight excluding hydrogens is 1820 g/mol. The Kier molecular flexibility index (Phi) is 90.8. The number of hydrogen-bond donors (Lipinski definition) is 0. The summed E-state index contributed by atoms with van der Waals surface area (Å²) in [5.74, 6) is -6.88. The summed E-state index contributed by atoms with van der Waals surface area (Å²) in [6, 6.07) is 0. The average molecular weight is 1970 g/mol. The van der Waals surface area contributed by atoms with Crippen LogP contribution in [0.15, 0.2) is 0 Å². The van der Waals surface area contributed by atoms with Crippen molar-refractivity contribution in [2.24, 2.45) is 0 Å². The van der Waals surface area contributed by atoms with Crippen LogP contribution in [0.4, 0.5) is 0 Å². The van der Waals surface area contributed by atoms with Gasteiger partial charge in [0, 0.05) is 249 Å². The predicted molar refractivity (Wildman–Crippen MR) is 475 cm³/mol. The molecule has 49 heteroatoms. The van der Waals surface area contributed by atoms with Gasteiger partial charge in [0.05, 0.1) is 105 Å². The van der Waals surface area contributed by atoms with Gasteiger partial charge < -0.3 is 123 Å². The molecule has 2 unspecified atom stereocenters. The minimum absolute atomic E-state index is 0.000686. The molecule has 3 rings (SSSR count). The van der Waals surface area contributed by atoms with E-state index in [4.69, 9.17) is 109 Å². The summed E-state index contributed by atoms with van der Waals surface area (Å²) in [4.78, 5) is 200. The van der Waals surface area contributed by atoms with Crippen LogP contribution in [0.1, 0.15) is 120 Å². The lowest BCUT2D eigenvalue weighted by atomic mass is 10.1. The van der Waals surface area contributed by atoms with Gasteiger partial charge in [0.2, 0.25) is 6.10 Å². The van der Waals surface area contributed by atoms with Gasteiger partial charge in [-0.15, -0.1) is 0 Å². The van der Waals surface area contributed by atoms with Crippen molar-refractivity contribution in [2.45, 2.75) is 138 Å². The number of hydrogen-bond acceptors (Lipinski definition) is 49. The molecule has 3 heterocycles. The molecule has 3 saturated heterocycles. The second kappa shape index (κ2) is 93.1. The van der Waals surface area contributed by atoms with E-state index in [-0.39, 0.29) is 172 Å². The maximum atomic E-state index is 11.8. The number of nitrogens with zero attached hydrogens (tertiary/aromatic N) is 6. The van der Waals surface area contributed by atoms with E-state index in [1.165, 1.54) is 76.5 Å². The highest BCUT2D eigenvalue weighted by Crippen LogP contribution is 2.14. The maximum Gasteiger partial charge on any atom is 0.347 e. The van der Waals surface area contributed by atoms with Crippen LogP contribution in [0.5, 0.6) is 0 Å². The second-order valence-electron chi connectivity index (χ2n) is 28.9. The van der Waals surface area contributed by atoms with Crippen LogP contribution in [0.2, 0.25) is 0 Å². The third kappa shape index (κ3) is 94.7. The first-order valence-electron chi connectivity index (χ1n) is 44.3. The van der Waals surface area contributed by atoms with Crippen molar-refractivity contribution in [3.05, 3.63) is 0 Å². The Bertz CT molecular complexity index is 3130. The molecule has 2 atom stereocenters. The molecule has 3 aliphatic heterocycles. The van der Waals surface area contributed by atoms with Crippen LogP contribution in [0, 0.1) is 0 Å². The van der Waals surface area contributed by atoms with Gasteiger partial charge in [0.25, 0.3) is 0 Å². The minimum Gasteiger partial charge on any atom is -0.466 e. The first kappa shape index (κ1) is 133. The van der Waals surface area contributed by atoms with E-state index in [0.717, 1.165) is 39.0 Å². The fourth-order valence-corrected chi connectivity index (χ4v) is 10.5. The number of carbonyl (C=O) groups is 17. The Balaban J connectivity index is -0.000000765. The second-order valence-corrected chi connectivity index (χ2v) is 28.9. The number of rotatable bonds is 66. The van der Waals surface area contributed by atoms with Crippen LogP contribution in [-0.4, -0.2) is 476 Å². The van der Waals surface area contributed by atoms with E-state index < -0.39 is 72.4 Å². The van der Waals surface area contributed by atoms with Crippen molar-refractivity contribution in [3.63, 3.8) is 0 Å².